The Morgan fingerprint density at radius 1 is 1.00 bits per heavy atom. The largest absolute Gasteiger partial charge is 0.427 e. The lowest BCUT2D eigenvalue weighted by Gasteiger charge is -2.16. The van der Waals surface area contributed by atoms with Crippen molar-refractivity contribution in [1.29, 1.82) is 0 Å². The molecule has 4 aromatic heterocycles. The molecule has 2 saturated heterocycles. The van der Waals surface area contributed by atoms with Gasteiger partial charge in [-0.25, -0.2) is 19.7 Å². The van der Waals surface area contributed by atoms with E-state index in [9.17, 15) is 14.4 Å². The molecule has 2 aliphatic heterocycles. The van der Waals surface area contributed by atoms with Gasteiger partial charge < -0.3 is 35.6 Å². The van der Waals surface area contributed by atoms with E-state index >= 15 is 0 Å². The van der Waals surface area contributed by atoms with E-state index in [1.54, 1.807) is 11.3 Å². The first-order chi connectivity index (χ1) is 27.8. The van der Waals surface area contributed by atoms with Crippen molar-refractivity contribution in [1.82, 2.24) is 40.5 Å². The summed E-state index contributed by atoms with van der Waals surface area (Å²) >= 11 is 3.59. The molecule has 2 aliphatic rings. The lowest BCUT2D eigenvalue weighted by Crippen LogP contribution is -2.36. The molecular formula is C42H49N9O4S2. The van der Waals surface area contributed by atoms with Gasteiger partial charge in [-0.05, 0) is 75.8 Å². The highest BCUT2D eigenvalue weighted by Crippen LogP contribution is 2.35. The Morgan fingerprint density at radius 2 is 1.88 bits per heavy atom. The highest BCUT2D eigenvalue weighted by molar-refractivity contribution is 8.00. The molecule has 6 heterocycles. The van der Waals surface area contributed by atoms with E-state index in [1.165, 1.54) is 4.70 Å². The molecule has 2 aromatic carbocycles. The van der Waals surface area contributed by atoms with Gasteiger partial charge >= 0.3 is 12.0 Å². The number of esters is 1. The van der Waals surface area contributed by atoms with Crippen molar-refractivity contribution in [3.05, 3.63) is 65.9 Å². The van der Waals surface area contributed by atoms with Crippen LogP contribution in [0.4, 0.5) is 10.6 Å². The number of carbonyl (C=O) groups excluding carboxylic acids is 3. The zero-order valence-corrected chi connectivity index (χ0v) is 33.9. The Kier molecular flexibility index (Phi) is 11.9. The van der Waals surface area contributed by atoms with Crippen LogP contribution in [0.5, 0.6) is 5.75 Å². The van der Waals surface area contributed by atoms with Crippen LogP contribution in [-0.2, 0) is 16.0 Å². The number of imidazole rings is 1. The third-order valence-electron chi connectivity index (χ3n) is 10.8. The second kappa shape index (κ2) is 17.6. The Hall–Kier alpha value is -5.15. The van der Waals surface area contributed by atoms with Crippen LogP contribution in [0.25, 0.3) is 43.5 Å². The van der Waals surface area contributed by atoms with Crippen LogP contribution in [-0.4, -0.2) is 78.6 Å². The van der Waals surface area contributed by atoms with Gasteiger partial charge in [0.05, 0.1) is 18.4 Å². The van der Waals surface area contributed by atoms with Gasteiger partial charge in [0, 0.05) is 81.1 Å². The molecule has 0 spiro atoms. The average Bonchev–Trinajstić information content (AvgIpc) is 4.04. The number of anilines is 1. The molecule has 3 amide bonds. The smallest absolute Gasteiger partial charge is 0.315 e. The number of urea groups is 1. The van der Waals surface area contributed by atoms with Crippen molar-refractivity contribution >= 4 is 79.0 Å². The Balaban J connectivity index is 0.782. The first-order valence-corrected chi connectivity index (χ1v) is 21.9. The van der Waals surface area contributed by atoms with Crippen molar-refractivity contribution in [3.63, 3.8) is 0 Å². The Morgan fingerprint density at radius 3 is 2.77 bits per heavy atom. The summed E-state index contributed by atoms with van der Waals surface area (Å²) in [5.41, 5.74) is 4.62. The number of nitrogens with zero attached hydrogens (tertiary/aromatic N) is 4. The maximum Gasteiger partial charge on any atom is 0.315 e. The van der Waals surface area contributed by atoms with Crippen molar-refractivity contribution in [2.24, 2.45) is 0 Å². The number of ether oxygens (including phenoxy) is 1. The normalized spacial score (nSPS) is 17.7. The summed E-state index contributed by atoms with van der Waals surface area (Å²) < 4.78 is 9.02. The van der Waals surface area contributed by atoms with Crippen molar-refractivity contribution < 1.29 is 19.1 Å². The number of aromatic nitrogens is 5. The number of benzene rings is 2. The Bertz CT molecular complexity index is 2390. The average molecular weight is 808 g/mol. The molecule has 5 N–H and O–H groups in total. The summed E-state index contributed by atoms with van der Waals surface area (Å²) in [6.45, 7) is 5.46. The zero-order chi connectivity index (χ0) is 39.3. The first-order valence-electron chi connectivity index (χ1n) is 20.0. The third-order valence-corrected chi connectivity index (χ3v) is 13.3. The molecule has 0 aliphatic carbocycles. The van der Waals surface area contributed by atoms with E-state index in [1.807, 2.05) is 54.6 Å². The maximum absolute atomic E-state index is 12.7. The number of thiophene rings is 1. The summed E-state index contributed by atoms with van der Waals surface area (Å²) in [7, 11) is 0. The van der Waals surface area contributed by atoms with Crippen molar-refractivity contribution in [3.8, 4) is 17.1 Å². The van der Waals surface area contributed by atoms with Crippen LogP contribution in [0.15, 0.2) is 60.4 Å². The van der Waals surface area contributed by atoms with Crippen LogP contribution >= 0.6 is 23.1 Å². The molecule has 57 heavy (non-hydrogen) atoms. The van der Waals surface area contributed by atoms with Crippen LogP contribution < -0.4 is 26.0 Å². The lowest BCUT2D eigenvalue weighted by atomic mass is 10.0. The zero-order valence-electron chi connectivity index (χ0n) is 32.3. The molecule has 298 valence electrons. The summed E-state index contributed by atoms with van der Waals surface area (Å²) in [5, 5.41) is 17.2. The minimum absolute atomic E-state index is 0.0633. The molecule has 8 rings (SSSR count). The molecule has 0 radical (unpaired) electrons. The molecule has 2 fully saturated rings. The predicted octanol–water partition coefficient (Wildman–Crippen LogP) is 7.73. The molecule has 15 heteroatoms. The minimum atomic E-state index is -0.264. The van der Waals surface area contributed by atoms with Crippen LogP contribution in [0.1, 0.15) is 76.8 Å². The topological polar surface area (TPSA) is 168 Å². The minimum Gasteiger partial charge on any atom is -0.427 e. The number of aromatic amines is 1. The molecular weight excluding hydrogens is 759 g/mol. The third kappa shape index (κ3) is 8.89. The van der Waals surface area contributed by atoms with Crippen LogP contribution in [0.3, 0.4) is 0 Å². The summed E-state index contributed by atoms with van der Waals surface area (Å²) in [5.74, 6) is 2.65. The number of H-pyrrole nitrogens is 1. The van der Waals surface area contributed by atoms with E-state index in [4.69, 9.17) is 19.7 Å². The van der Waals surface area contributed by atoms with E-state index in [-0.39, 0.29) is 36.0 Å². The number of nitrogens with one attached hydrogen (secondary N) is 5. The summed E-state index contributed by atoms with van der Waals surface area (Å²) in [6.07, 6.45) is 10.5. The predicted molar refractivity (Wildman–Crippen MR) is 228 cm³/mol. The molecule has 0 unspecified atom stereocenters. The number of rotatable bonds is 18. The highest BCUT2D eigenvalue weighted by atomic mass is 32.2. The number of amides is 3. The lowest BCUT2D eigenvalue weighted by molar-refractivity contribution is -0.134. The molecule has 0 bridgehead atoms. The van der Waals surface area contributed by atoms with Crippen molar-refractivity contribution in [2.45, 2.75) is 95.0 Å². The number of unbranched alkanes of at least 4 members (excludes halogenated alkanes) is 3. The number of carbonyl (C=O) groups is 3. The SMILES string of the molecule is CC(C)n1cnc2c(NCCc3c[nH]c4ccc(OC(=O)CCCCCNC(=O)CCCC[C@@H]5SC[C@@H]6NC(=O)N[C@@H]65)cc34)nc(-c3csc4ccccc34)nc21. The Labute approximate surface area is 339 Å². The van der Waals surface area contributed by atoms with E-state index < -0.39 is 0 Å². The van der Waals surface area contributed by atoms with Gasteiger partial charge in [-0.15, -0.1) is 11.3 Å². The van der Waals surface area contributed by atoms with Crippen molar-refractivity contribution in [2.75, 3.05) is 24.2 Å². The number of fused-ring (bicyclic) bond motifs is 4. The van der Waals surface area contributed by atoms with Gasteiger partial charge in [0.15, 0.2) is 17.3 Å². The fourth-order valence-electron chi connectivity index (χ4n) is 7.78. The molecule has 3 atom stereocenters. The van der Waals surface area contributed by atoms with Gasteiger partial charge in [-0.1, -0.05) is 31.0 Å². The fraction of sp³-hybridized carbons (Fsp3) is 0.429. The summed E-state index contributed by atoms with van der Waals surface area (Å²) in [6, 6.07) is 14.6. The molecule has 6 aromatic rings. The van der Waals surface area contributed by atoms with Gasteiger partial charge in [0.25, 0.3) is 0 Å². The van der Waals surface area contributed by atoms with E-state index in [0.717, 1.165) is 76.4 Å². The van der Waals surface area contributed by atoms with Gasteiger partial charge in [0.1, 0.15) is 11.3 Å². The highest BCUT2D eigenvalue weighted by Gasteiger charge is 2.42. The van der Waals surface area contributed by atoms with Crippen LogP contribution in [0, 0.1) is 0 Å². The number of thioether (sulfide) groups is 1. The van der Waals surface area contributed by atoms with Gasteiger partial charge in [0.2, 0.25) is 5.91 Å². The van der Waals surface area contributed by atoms with E-state index in [0.29, 0.717) is 61.4 Å². The summed E-state index contributed by atoms with van der Waals surface area (Å²) in [4.78, 5) is 54.7. The van der Waals surface area contributed by atoms with E-state index in [2.05, 4.69) is 62.2 Å². The fourth-order valence-corrected chi connectivity index (χ4v) is 10.3. The van der Waals surface area contributed by atoms with Gasteiger partial charge in [-0.2, -0.15) is 11.8 Å². The van der Waals surface area contributed by atoms with Crippen LogP contribution in [0.2, 0.25) is 0 Å². The second-order valence-corrected chi connectivity index (χ2v) is 17.3. The van der Waals surface area contributed by atoms with Gasteiger partial charge in [-0.3, -0.25) is 9.59 Å². The number of hydrogen-bond donors (Lipinski definition) is 5. The monoisotopic (exact) mass is 807 g/mol. The standard InChI is InChI=1S/C42H49N9O4S2/c1-25(2)51-24-46-38-40(49-39(50-41(38)51)30-22-56-33-11-6-5-10-28(30)33)44-19-17-26-21-45-31-16-15-27(20-29(26)31)55-36(53)14-4-3-9-18-43-35(52)13-8-7-12-34-37-32(23-57-34)47-42(54)48-37/h5-6,10-11,15-16,20-22,24-25,32,34,37,45H,3-4,7-9,12-14,17-19,23H2,1-2H3,(H,43,52)(H,44,49,50)(H2,47,48,54)/t32-,34-,37-/m0/s1. The first kappa shape index (κ1) is 38.7. The molecule has 13 nitrogen and oxygen atoms in total. The maximum atomic E-state index is 12.7. The quantitative estimate of drug-likeness (QED) is 0.0253. The number of hydrogen-bond acceptors (Lipinski definition) is 10. The second-order valence-electron chi connectivity index (χ2n) is 15.2. The molecule has 0 saturated carbocycles.